The maximum absolute atomic E-state index is 6.13. The van der Waals surface area contributed by atoms with Crippen LogP contribution in [0.2, 0.25) is 0 Å². The molecule has 0 aliphatic carbocycles. The molecular formula is C21H27N3OS2. The summed E-state index contributed by atoms with van der Waals surface area (Å²) >= 11 is 3.61. The van der Waals surface area contributed by atoms with Gasteiger partial charge in [0.15, 0.2) is 0 Å². The molecule has 27 heavy (non-hydrogen) atoms. The maximum atomic E-state index is 6.13. The second-order valence-corrected chi connectivity index (χ2v) is 9.91. The summed E-state index contributed by atoms with van der Waals surface area (Å²) in [6.45, 7) is 9.45. The van der Waals surface area contributed by atoms with Gasteiger partial charge in [-0.25, -0.2) is 15.0 Å². The van der Waals surface area contributed by atoms with Gasteiger partial charge in [-0.05, 0) is 38.0 Å². The zero-order valence-electron chi connectivity index (χ0n) is 16.6. The third-order valence-electron chi connectivity index (χ3n) is 5.10. The van der Waals surface area contributed by atoms with Gasteiger partial charge in [-0.15, -0.1) is 23.1 Å². The molecule has 0 fully saturated rings. The van der Waals surface area contributed by atoms with Gasteiger partial charge in [0, 0.05) is 23.1 Å². The van der Waals surface area contributed by atoms with E-state index in [0.717, 1.165) is 40.4 Å². The number of hydrogen-bond donors (Lipinski definition) is 0. The quantitative estimate of drug-likeness (QED) is 0.291. The zero-order valence-corrected chi connectivity index (χ0v) is 18.2. The Morgan fingerprint density at radius 1 is 1.19 bits per heavy atom. The van der Waals surface area contributed by atoms with Crippen molar-refractivity contribution in [2.24, 2.45) is 0 Å². The molecule has 0 N–H and O–H groups in total. The van der Waals surface area contributed by atoms with Crippen molar-refractivity contribution in [2.75, 3.05) is 5.75 Å². The second-order valence-electron chi connectivity index (χ2n) is 7.83. The van der Waals surface area contributed by atoms with Gasteiger partial charge in [-0.3, -0.25) is 0 Å². The van der Waals surface area contributed by atoms with E-state index in [1.807, 2.05) is 11.8 Å². The third-order valence-corrected chi connectivity index (χ3v) is 7.39. The Kier molecular flexibility index (Phi) is 5.41. The summed E-state index contributed by atoms with van der Waals surface area (Å²) < 4.78 is 7.33. The van der Waals surface area contributed by atoms with Crippen LogP contribution in [0.4, 0.5) is 0 Å². The molecule has 0 bridgehead atoms. The highest BCUT2D eigenvalue weighted by molar-refractivity contribution is 7.99. The lowest BCUT2D eigenvalue weighted by Gasteiger charge is -2.33. The molecule has 1 aliphatic heterocycles. The summed E-state index contributed by atoms with van der Waals surface area (Å²) in [6, 6.07) is 0. The molecule has 0 saturated carbocycles. The van der Waals surface area contributed by atoms with Gasteiger partial charge in [-0.2, -0.15) is 0 Å². The van der Waals surface area contributed by atoms with Gasteiger partial charge in [0.25, 0.3) is 0 Å². The number of ether oxygens (including phenoxy) is 1. The van der Waals surface area contributed by atoms with Gasteiger partial charge < -0.3 is 4.74 Å². The number of pyridine rings is 1. The minimum Gasteiger partial charge on any atom is -0.370 e. The first kappa shape index (κ1) is 19.1. The molecule has 4 nitrogen and oxygen atoms in total. The predicted molar refractivity (Wildman–Crippen MR) is 115 cm³/mol. The summed E-state index contributed by atoms with van der Waals surface area (Å²) in [4.78, 5) is 15.5. The molecule has 144 valence electrons. The van der Waals surface area contributed by atoms with E-state index < -0.39 is 0 Å². The Hall–Kier alpha value is -1.24. The predicted octanol–water partition coefficient (Wildman–Crippen LogP) is 5.94. The lowest BCUT2D eigenvalue weighted by molar-refractivity contribution is -0.0401. The number of thiophene rings is 1. The first-order chi connectivity index (χ1) is 13.0. The molecule has 0 spiro atoms. The fraction of sp³-hybridized carbons (Fsp3) is 0.571. The van der Waals surface area contributed by atoms with Gasteiger partial charge in [0.1, 0.15) is 16.2 Å². The minimum absolute atomic E-state index is 0.148. The number of hydrogen-bond acceptors (Lipinski definition) is 6. The van der Waals surface area contributed by atoms with E-state index in [1.165, 1.54) is 39.7 Å². The van der Waals surface area contributed by atoms with Crippen LogP contribution >= 0.6 is 23.1 Å². The Bertz CT molecular complexity index is 981. The van der Waals surface area contributed by atoms with Gasteiger partial charge >= 0.3 is 0 Å². The van der Waals surface area contributed by atoms with Crippen LogP contribution in [0.5, 0.6) is 0 Å². The van der Waals surface area contributed by atoms with Gasteiger partial charge in [0.05, 0.1) is 22.4 Å². The highest BCUT2D eigenvalue weighted by Gasteiger charge is 2.31. The van der Waals surface area contributed by atoms with E-state index in [-0.39, 0.29) is 5.60 Å². The zero-order chi connectivity index (χ0) is 19.0. The van der Waals surface area contributed by atoms with Crippen LogP contribution in [0.3, 0.4) is 0 Å². The van der Waals surface area contributed by atoms with Gasteiger partial charge in [0.2, 0.25) is 0 Å². The van der Waals surface area contributed by atoms with Crippen LogP contribution in [0, 0.1) is 0 Å². The Morgan fingerprint density at radius 2 is 2.04 bits per heavy atom. The molecule has 1 aliphatic rings. The fourth-order valence-electron chi connectivity index (χ4n) is 3.71. The summed E-state index contributed by atoms with van der Waals surface area (Å²) in [7, 11) is 0. The van der Waals surface area contributed by atoms with Crippen LogP contribution in [-0.2, 0) is 24.2 Å². The molecule has 3 aromatic rings. The Labute approximate surface area is 169 Å². The molecule has 0 radical (unpaired) electrons. The average Bonchev–Trinajstić information content (AvgIpc) is 3.01. The Balaban J connectivity index is 1.93. The minimum atomic E-state index is -0.148. The Morgan fingerprint density at radius 3 is 2.81 bits per heavy atom. The lowest BCUT2D eigenvalue weighted by atomic mass is 9.88. The number of nitrogens with zero attached hydrogens (tertiary/aromatic N) is 3. The van der Waals surface area contributed by atoms with E-state index in [9.17, 15) is 0 Å². The van der Waals surface area contributed by atoms with Crippen LogP contribution in [0.15, 0.2) is 11.4 Å². The van der Waals surface area contributed by atoms with Crippen molar-refractivity contribution in [3.8, 4) is 0 Å². The first-order valence-electron chi connectivity index (χ1n) is 9.88. The number of thioether (sulfide) groups is 1. The van der Waals surface area contributed by atoms with Crippen LogP contribution in [-0.4, -0.2) is 26.3 Å². The van der Waals surface area contributed by atoms with Gasteiger partial charge in [-0.1, -0.05) is 26.7 Å². The molecule has 0 saturated heterocycles. The van der Waals surface area contributed by atoms with E-state index >= 15 is 0 Å². The molecule has 4 heterocycles. The summed E-state index contributed by atoms with van der Waals surface area (Å²) in [5.74, 6) is 1.10. The smallest absolute Gasteiger partial charge is 0.126 e. The van der Waals surface area contributed by atoms with E-state index in [2.05, 4.69) is 32.7 Å². The van der Waals surface area contributed by atoms with Crippen molar-refractivity contribution in [1.82, 2.24) is 15.0 Å². The highest BCUT2D eigenvalue weighted by Crippen LogP contribution is 2.42. The normalized spacial score (nSPS) is 16.1. The number of rotatable bonds is 6. The largest absolute Gasteiger partial charge is 0.370 e. The molecule has 4 rings (SSSR count). The average molecular weight is 402 g/mol. The number of fused-ring (bicyclic) bond motifs is 5. The molecule has 0 unspecified atom stereocenters. The molecule has 6 heteroatoms. The van der Waals surface area contributed by atoms with Crippen molar-refractivity contribution in [3.05, 3.63) is 23.1 Å². The van der Waals surface area contributed by atoms with Crippen molar-refractivity contribution in [3.63, 3.8) is 0 Å². The van der Waals surface area contributed by atoms with Crippen molar-refractivity contribution >= 4 is 43.5 Å². The van der Waals surface area contributed by atoms with E-state index in [0.29, 0.717) is 6.61 Å². The monoisotopic (exact) mass is 401 g/mol. The summed E-state index contributed by atoms with van der Waals surface area (Å²) in [5.41, 5.74) is 4.82. The van der Waals surface area contributed by atoms with Crippen LogP contribution in [0.25, 0.3) is 20.4 Å². The van der Waals surface area contributed by atoms with Crippen molar-refractivity contribution in [2.45, 2.75) is 77.0 Å². The highest BCUT2D eigenvalue weighted by atomic mass is 32.2. The summed E-state index contributed by atoms with van der Waals surface area (Å²) in [5, 5.41) is 2.34. The lowest BCUT2D eigenvalue weighted by Crippen LogP contribution is -2.32. The topological polar surface area (TPSA) is 47.9 Å². The molecule has 0 atom stereocenters. The van der Waals surface area contributed by atoms with E-state index in [1.54, 1.807) is 17.7 Å². The van der Waals surface area contributed by atoms with E-state index in [4.69, 9.17) is 14.7 Å². The molecule has 0 amide bonds. The molecular weight excluding hydrogens is 374 g/mol. The molecule has 3 aromatic heterocycles. The second kappa shape index (κ2) is 7.64. The number of unbranched alkanes of at least 4 members (excludes halogenated alkanes) is 1. The first-order valence-corrected chi connectivity index (χ1v) is 11.7. The molecule has 0 aromatic carbocycles. The standard InChI is InChI=1S/C21H27N3OS2/c1-5-7-9-26-20-18-17(22-12-23-20)16-13-10-21(3,4)25-11-14(13)15(8-6-2)24-19(16)27-18/h12H,5-11H2,1-4H3. The number of aryl methyl sites for hydroxylation is 1. The summed E-state index contributed by atoms with van der Waals surface area (Å²) in [6.07, 6.45) is 7.14. The maximum Gasteiger partial charge on any atom is 0.126 e. The van der Waals surface area contributed by atoms with Crippen molar-refractivity contribution in [1.29, 1.82) is 0 Å². The van der Waals surface area contributed by atoms with Crippen molar-refractivity contribution < 1.29 is 4.74 Å². The van der Waals surface area contributed by atoms with Crippen LogP contribution < -0.4 is 0 Å². The fourth-order valence-corrected chi connectivity index (χ4v) is 6.05. The van der Waals surface area contributed by atoms with Crippen LogP contribution in [0.1, 0.15) is 63.8 Å². The SMILES string of the molecule is CCCCSc1ncnc2c1sc1nc(CCC)c3c(c12)CC(C)(C)OC3. The number of aromatic nitrogens is 3. The third kappa shape index (κ3) is 3.59.